The van der Waals surface area contributed by atoms with E-state index in [1.807, 2.05) is 55.5 Å². The predicted octanol–water partition coefficient (Wildman–Crippen LogP) is 2.55. The van der Waals surface area contributed by atoms with Gasteiger partial charge in [-0.25, -0.2) is 4.98 Å². The van der Waals surface area contributed by atoms with Gasteiger partial charge in [0.05, 0.1) is 30.2 Å². The Morgan fingerprint density at radius 2 is 1.84 bits per heavy atom. The maximum absolute atomic E-state index is 12.9. The normalized spacial score (nSPS) is 17.2. The molecule has 1 aliphatic heterocycles. The number of aryl methyl sites for hydroxylation is 1. The molecule has 1 unspecified atom stereocenters. The average molecular weight is 520 g/mol. The number of imidazole rings is 1. The molecule has 1 saturated heterocycles. The molecule has 0 bridgehead atoms. The largest absolute Gasteiger partial charge is 0.380 e. The van der Waals surface area contributed by atoms with Gasteiger partial charge in [-0.3, -0.25) is 14.6 Å². The van der Waals surface area contributed by atoms with Gasteiger partial charge in [0.15, 0.2) is 12.2 Å². The van der Waals surface area contributed by atoms with Crippen LogP contribution in [0.3, 0.4) is 0 Å². The van der Waals surface area contributed by atoms with Gasteiger partial charge in [-0.1, -0.05) is 12.1 Å². The van der Waals surface area contributed by atoms with Crippen molar-refractivity contribution in [2.24, 2.45) is 0 Å². The van der Waals surface area contributed by atoms with Crippen LogP contribution in [0.4, 0.5) is 0 Å². The van der Waals surface area contributed by atoms with Crippen LogP contribution in [0.1, 0.15) is 40.0 Å². The molecule has 37 heavy (non-hydrogen) atoms. The smallest absolute Gasteiger partial charge is 0.255 e. The lowest BCUT2D eigenvalue weighted by molar-refractivity contribution is -0.153. The van der Waals surface area contributed by atoms with Gasteiger partial charge in [-0.15, -0.1) is 11.3 Å². The summed E-state index contributed by atoms with van der Waals surface area (Å²) in [5.74, 6) is -0.509. The molecule has 0 aliphatic carbocycles. The van der Waals surface area contributed by atoms with Crippen molar-refractivity contribution in [2.45, 2.75) is 51.1 Å². The highest BCUT2D eigenvalue weighted by Gasteiger charge is 2.38. The second-order valence-corrected chi connectivity index (χ2v) is 10.4. The molecule has 3 N–H and O–H groups in total. The van der Waals surface area contributed by atoms with E-state index < -0.39 is 24.0 Å². The zero-order valence-corrected chi connectivity index (χ0v) is 21.3. The van der Waals surface area contributed by atoms with E-state index in [4.69, 9.17) is 0 Å². The summed E-state index contributed by atoms with van der Waals surface area (Å²) in [6, 6.07) is 15.4. The monoisotopic (exact) mass is 519 g/mol. The van der Waals surface area contributed by atoms with Crippen molar-refractivity contribution in [3.05, 3.63) is 82.1 Å². The standard InChI is InChI=1S/C27H29N5O4S/c1-17-30-21-5-2-3-6-23(21)32(17)16-20-9-8-19(37-20)15-29-26(35)24(33)25(34)27(36)31-14-4-7-22(31)18-10-12-28-13-11-18/h2-3,5-6,8-13,22,24-25,33-34H,4,7,14-16H2,1H3,(H,29,35)/t22?,24-,25-/m1/s1. The number of benzene rings is 1. The van der Waals surface area contributed by atoms with Crippen LogP contribution in [0.5, 0.6) is 0 Å². The van der Waals surface area contributed by atoms with E-state index in [9.17, 15) is 19.8 Å². The van der Waals surface area contributed by atoms with E-state index in [1.165, 1.54) is 4.90 Å². The van der Waals surface area contributed by atoms with Crippen LogP contribution in [-0.2, 0) is 22.7 Å². The number of hydrogen-bond donors (Lipinski definition) is 3. The number of carbonyl (C=O) groups is 2. The quantitative estimate of drug-likeness (QED) is 0.329. The first kappa shape index (κ1) is 25.1. The van der Waals surface area contributed by atoms with Gasteiger partial charge in [-0.2, -0.15) is 0 Å². The zero-order chi connectivity index (χ0) is 25.9. The molecular formula is C27H29N5O4S. The SMILES string of the molecule is Cc1nc2ccccc2n1Cc1ccc(CNC(=O)[C@H](O)[C@@H](O)C(=O)N2CCCC2c2ccncc2)s1. The van der Waals surface area contributed by atoms with Gasteiger partial charge in [0.25, 0.3) is 11.8 Å². The zero-order valence-electron chi connectivity index (χ0n) is 20.4. The molecule has 4 aromatic rings. The van der Waals surface area contributed by atoms with Gasteiger partial charge in [0, 0.05) is 28.7 Å². The van der Waals surface area contributed by atoms with Crippen LogP contribution in [0.25, 0.3) is 11.0 Å². The topological polar surface area (TPSA) is 121 Å². The second-order valence-electron chi connectivity index (χ2n) is 9.18. The lowest BCUT2D eigenvalue weighted by atomic mass is 10.0. The van der Waals surface area contributed by atoms with Crippen molar-refractivity contribution in [1.82, 2.24) is 24.8 Å². The minimum atomic E-state index is -1.86. The molecule has 3 atom stereocenters. The fourth-order valence-electron chi connectivity index (χ4n) is 4.84. The van der Waals surface area contributed by atoms with Crippen molar-refractivity contribution < 1.29 is 19.8 Å². The van der Waals surface area contributed by atoms with Gasteiger partial charge < -0.3 is 25.0 Å². The van der Waals surface area contributed by atoms with E-state index in [0.717, 1.165) is 45.0 Å². The number of aliphatic hydroxyl groups excluding tert-OH is 2. The third kappa shape index (κ3) is 5.27. The molecule has 192 valence electrons. The van der Waals surface area contributed by atoms with Crippen molar-refractivity contribution in [3.63, 3.8) is 0 Å². The van der Waals surface area contributed by atoms with Crippen molar-refractivity contribution >= 4 is 34.2 Å². The molecule has 1 aromatic carbocycles. The minimum Gasteiger partial charge on any atom is -0.380 e. The number of aromatic nitrogens is 3. The Kier molecular flexibility index (Phi) is 7.31. The molecule has 5 rings (SSSR count). The number of likely N-dealkylation sites (tertiary alicyclic amines) is 1. The molecule has 1 fully saturated rings. The molecule has 0 radical (unpaired) electrons. The first-order valence-electron chi connectivity index (χ1n) is 12.3. The number of pyridine rings is 1. The van der Waals surface area contributed by atoms with E-state index in [1.54, 1.807) is 23.7 Å². The maximum Gasteiger partial charge on any atom is 0.255 e. The summed E-state index contributed by atoms with van der Waals surface area (Å²) >= 11 is 1.55. The number of hydrogen-bond acceptors (Lipinski definition) is 7. The summed E-state index contributed by atoms with van der Waals surface area (Å²) in [6.45, 7) is 3.29. The molecule has 2 amide bonds. The molecule has 10 heteroatoms. The predicted molar refractivity (Wildman–Crippen MR) is 140 cm³/mol. The van der Waals surface area contributed by atoms with Crippen LogP contribution < -0.4 is 5.32 Å². The lowest BCUT2D eigenvalue weighted by Gasteiger charge is -2.28. The van der Waals surface area contributed by atoms with Crippen LogP contribution in [0.2, 0.25) is 0 Å². The van der Waals surface area contributed by atoms with Crippen molar-refractivity contribution in [2.75, 3.05) is 6.54 Å². The number of rotatable bonds is 8. The van der Waals surface area contributed by atoms with E-state index in [-0.39, 0.29) is 12.6 Å². The Labute approximate surface area is 218 Å². The molecule has 3 aromatic heterocycles. The average Bonchev–Trinajstić information content (AvgIpc) is 3.66. The highest BCUT2D eigenvalue weighted by Crippen LogP contribution is 2.32. The summed E-state index contributed by atoms with van der Waals surface area (Å²) in [5.41, 5.74) is 2.93. The summed E-state index contributed by atoms with van der Waals surface area (Å²) in [6.07, 6.45) is 1.15. The van der Waals surface area contributed by atoms with Crippen LogP contribution in [0, 0.1) is 6.92 Å². The fourth-order valence-corrected chi connectivity index (χ4v) is 5.79. The van der Waals surface area contributed by atoms with E-state index in [0.29, 0.717) is 13.1 Å². The Balaban J connectivity index is 1.17. The number of carbonyl (C=O) groups excluding carboxylic acids is 2. The maximum atomic E-state index is 12.9. The number of fused-ring (bicyclic) bond motifs is 1. The van der Waals surface area contributed by atoms with Gasteiger partial charge in [0.2, 0.25) is 0 Å². The van der Waals surface area contributed by atoms with Crippen LogP contribution in [0.15, 0.2) is 60.9 Å². The lowest BCUT2D eigenvalue weighted by Crippen LogP contribution is -2.50. The molecule has 1 aliphatic rings. The third-order valence-corrected chi connectivity index (χ3v) is 7.83. The van der Waals surface area contributed by atoms with Crippen LogP contribution in [-0.4, -0.2) is 60.2 Å². The Bertz CT molecular complexity index is 1400. The van der Waals surface area contributed by atoms with Gasteiger partial charge in [0.1, 0.15) is 5.82 Å². The molecule has 0 spiro atoms. The Morgan fingerprint density at radius 3 is 2.65 bits per heavy atom. The summed E-state index contributed by atoms with van der Waals surface area (Å²) < 4.78 is 2.15. The number of aliphatic hydroxyl groups is 2. The molecule has 4 heterocycles. The second kappa shape index (κ2) is 10.8. The Hall–Kier alpha value is -3.60. The minimum absolute atomic E-state index is 0.189. The molecule has 9 nitrogen and oxygen atoms in total. The third-order valence-electron chi connectivity index (χ3n) is 6.76. The van der Waals surface area contributed by atoms with E-state index >= 15 is 0 Å². The fraction of sp³-hybridized carbons (Fsp3) is 0.333. The van der Waals surface area contributed by atoms with Crippen molar-refractivity contribution in [3.8, 4) is 0 Å². The summed E-state index contributed by atoms with van der Waals surface area (Å²) in [7, 11) is 0. The first-order chi connectivity index (χ1) is 17.9. The van der Waals surface area contributed by atoms with Crippen LogP contribution >= 0.6 is 11.3 Å². The highest BCUT2D eigenvalue weighted by molar-refractivity contribution is 7.12. The Morgan fingerprint density at radius 1 is 1.08 bits per heavy atom. The number of thiophene rings is 1. The van der Waals surface area contributed by atoms with Gasteiger partial charge >= 0.3 is 0 Å². The number of nitrogens with one attached hydrogen (secondary N) is 1. The molecular weight excluding hydrogens is 490 g/mol. The van der Waals surface area contributed by atoms with Gasteiger partial charge in [-0.05, 0) is 61.7 Å². The molecule has 0 saturated carbocycles. The number of amides is 2. The number of para-hydroxylation sites is 2. The summed E-state index contributed by atoms with van der Waals surface area (Å²) in [4.78, 5) is 37.7. The summed E-state index contributed by atoms with van der Waals surface area (Å²) in [5, 5.41) is 23.6. The van der Waals surface area contributed by atoms with E-state index in [2.05, 4.69) is 19.9 Å². The first-order valence-corrected chi connectivity index (χ1v) is 13.1. The van der Waals surface area contributed by atoms with Crippen molar-refractivity contribution in [1.29, 1.82) is 0 Å². The highest BCUT2D eigenvalue weighted by atomic mass is 32.1. The number of nitrogens with zero attached hydrogens (tertiary/aromatic N) is 4.